The molecule has 102 valence electrons. The molecule has 1 atom stereocenters. The van der Waals surface area contributed by atoms with Gasteiger partial charge in [-0.2, -0.15) is 0 Å². The van der Waals surface area contributed by atoms with Gasteiger partial charge >= 0.3 is 0 Å². The molecule has 2 aromatic rings. The average Bonchev–Trinajstić information content (AvgIpc) is 3.20. The molecule has 0 amide bonds. The van der Waals surface area contributed by atoms with Gasteiger partial charge in [0, 0.05) is 33.3 Å². The largest absolute Gasteiger partial charge is 0.383 e. The number of amidine groups is 1. The summed E-state index contributed by atoms with van der Waals surface area (Å²) in [7, 11) is 0. The van der Waals surface area contributed by atoms with Crippen LogP contribution in [0.1, 0.15) is 46.8 Å². The van der Waals surface area contributed by atoms with Gasteiger partial charge in [-0.25, -0.2) is 9.97 Å². The van der Waals surface area contributed by atoms with Gasteiger partial charge in [0.15, 0.2) is 0 Å². The van der Waals surface area contributed by atoms with Crippen molar-refractivity contribution in [1.29, 1.82) is 0 Å². The van der Waals surface area contributed by atoms with Crippen LogP contribution >= 0.6 is 27.3 Å². The zero-order valence-electron chi connectivity index (χ0n) is 10.7. The highest BCUT2D eigenvalue weighted by molar-refractivity contribution is 9.10. The van der Waals surface area contributed by atoms with Crippen LogP contribution in [-0.4, -0.2) is 15.8 Å². The number of nitrogens with zero attached hydrogens (tertiary/aromatic N) is 3. The summed E-state index contributed by atoms with van der Waals surface area (Å²) in [6, 6.07) is 2.20. The Morgan fingerprint density at radius 3 is 2.90 bits per heavy atom. The number of aliphatic imine (C=N–C) groups is 1. The van der Waals surface area contributed by atoms with E-state index in [2.05, 4.69) is 37.4 Å². The van der Waals surface area contributed by atoms with Crippen LogP contribution in [0, 0.1) is 0 Å². The fraction of sp³-hybridized carbons (Fsp3) is 0.357. The average molecular weight is 349 g/mol. The van der Waals surface area contributed by atoms with E-state index in [9.17, 15) is 0 Å². The molecule has 3 heterocycles. The molecule has 1 fully saturated rings. The molecule has 1 unspecified atom stereocenters. The molecule has 0 saturated heterocycles. The van der Waals surface area contributed by atoms with E-state index in [4.69, 9.17) is 10.7 Å². The van der Waals surface area contributed by atoms with Crippen LogP contribution in [0.2, 0.25) is 0 Å². The fourth-order valence-electron chi connectivity index (χ4n) is 2.47. The van der Waals surface area contributed by atoms with Crippen molar-refractivity contribution >= 4 is 33.1 Å². The molecular formula is C14H13BrN4S. The molecule has 2 aromatic heterocycles. The van der Waals surface area contributed by atoms with Gasteiger partial charge < -0.3 is 5.73 Å². The van der Waals surface area contributed by atoms with E-state index in [0.717, 1.165) is 28.0 Å². The molecule has 6 heteroatoms. The zero-order valence-corrected chi connectivity index (χ0v) is 13.1. The summed E-state index contributed by atoms with van der Waals surface area (Å²) in [5.41, 5.74) is 8.03. The summed E-state index contributed by atoms with van der Waals surface area (Å²) in [4.78, 5) is 15.0. The first-order chi connectivity index (χ1) is 9.70. The number of halogens is 1. The Balaban J connectivity index is 1.72. The second-order valence-electron chi connectivity index (χ2n) is 5.26. The van der Waals surface area contributed by atoms with Gasteiger partial charge in [0.05, 0.1) is 17.3 Å². The Labute approximate surface area is 129 Å². The smallest absolute Gasteiger partial charge is 0.131 e. The second-order valence-corrected chi connectivity index (χ2v) is 7.12. The Kier molecular flexibility index (Phi) is 2.89. The summed E-state index contributed by atoms with van der Waals surface area (Å²) < 4.78 is 1.10. The van der Waals surface area contributed by atoms with Gasteiger partial charge in [-0.1, -0.05) is 0 Å². The number of fused-ring (bicyclic) bond motifs is 1. The molecule has 1 saturated carbocycles. The maximum Gasteiger partial charge on any atom is 0.131 e. The van der Waals surface area contributed by atoms with Crippen molar-refractivity contribution in [3.8, 4) is 0 Å². The Bertz CT molecular complexity index is 705. The third-order valence-electron chi connectivity index (χ3n) is 3.70. The van der Waals surface area contributed by atoms with Gasteiger partial charge in [0.1, 0.15) is 11.7 Å². The molecule has 2 N–H and O–H groups in total. The monoisotopic (exact) mass is 348 g/mol. The number of hydrogen-bond acceptors (Lipinski definition) is 5. The van der Waals surface area contributed by atoms with E-state index in [0.29, 0.717) is 11.8 Å². The lowest BCUT2D eigenvalue weighted by molar-refractivity contribution is 0.693. The van der Waals surface area contributed by atoms with Crippen LogP contribution in [0.5, 0.6) is 0 Å². The van der Waals surface area contributed by atoms with Crippen molar-refractivity contribution in [2.75, 3.05) is 0 Å². The van der Waals surface area contributed by atoms with Gasteiger partial charge in [0.2, 0.25) is 0 Å². The minimum atomic E-state index is 0.0840. The van der Waals surface area contributed by atoms with Crippen LogP contribution < -0.4 is 5.73 Å². The number of thiophene rings is 1. The third-order valence-corrected chi connectivity index (χ3v) is 5.50. The summed E-state index contributed by atoms with van der Waals surface area (Å²) >= 11 is 5.19. The summed E-state index contributed by atoms with van der Waals surface area (Å²) in [6.45, 7) is 0. The predicted molar refractivity (Wildman–Crippen MR) is 83.2 cm³/mol. The van der Waals surface area contributed by atoms with Crippen LogP contribution in [0.15, 0.2) is 27.1 Å². The van der Waals surface area contributed by atoms with Crippen LogP contribution in [0.25, 0.3) is 0 Å². The van der Waals surface area contributed by atoms with Gasteiger partial charge in [-0.15, -0.1) is 11.3 Å². The predicted octanol–water partition coefficient (Wildman–Crippen LogP) is 3.18. The van der Waals surface area contributed by atoms with E-state index < -0.39 is 0 Å². The quantitative estimate of drug-likeness (QED) is 0.906. The van der Waals surface area contributed by atoms with Crippen LogP contribution in [-0.2, 0) is 6.42 Å². The maximum absolute atomic E-state index is 6.09. The first-order valence-electron chi connectivity index (χ1n) is 6.64. The lowest BCUT2D eigenvalue weighted by Gasteiger charge is -2.20. The van der Waals surface area contributed by atoms with E-state index in [-0.39, 0.29) is 6.04 Å². The van der Waals surface area contributed by atoms with Gasteiger partial charge in [-0.3, -0.25) is 4.99 Å². The molecule has 4 nitrogen and oxygen atoms in total. The standard InChI is InChI=1S/C14H13BrN4S/c15-8-3-12(20-6-8)11-4-10-9(13(16)18-11)5-17-14(19-10)7-1-2-7/h3,5-7,11H,1-2,4H2,(H2,16,18). The second kappa shape index (κ2) is 4.63. The Hall–Kier alpha value is -1.27. The summed E-state index contributed by atoms with van der Waals surface area (Å²) in [6.07, 6.45) is 5.08. The van der Waals surface area contributed by atoms with Crippen molar-refractivity contribution in [2.24, 2.45) is 10.7 Å². The molecule has 0 radical (unpaired) electrons. The Morgan fingerprint density at radius 1 is 1.35 bits per heavy atom. The van der Waals surface area contributed by atoms with E-state index in [1.54, 1.807) is 11.3 Å². The molecule has 1 aliphatic heterocycles. The first kappa shape index (κ1) is 12.5. The fourth-order valence-corrected chi connectivity index (χ4v) is 3.96. The minimum absolute atomic E-state index is 0.0840. The van der Waals surface area contributed by atoms with Crippen molar-refractivity contribution in [3.63, 3.8) is 0 Å². The van der Waals surface area contributed by atoms with Crippen molar-refractivity contribution < 1.29 is 0 Å². The van der Waals surface area contributed by atoms with Gasteiger partial charge in [0.25, 0.3) is 0 Å². The Morgan fingerprint density at radius 2 is 2.20 bits per heavy atom. The molecule has 4 rings (SSSR count). The van der Waals surface area contributed by atoms with Gasteiger partial charge in [-0.05, 0) is 34.8 Å². The van der Waals surface area contributed by atoms with E-state index in [1.165, 1.54) is 17.7 Å². The van der Waals surface area contributed by atoms with Crippen molar-refractivity contribution in [3.05, 3.63) is 44.1 Å². The molecule has 1 aliphatic carbocycles. The first-order valence-corrected chi connectivity index (χ1v) is 8.31. The van der Waals surface area contributed by atoms with Crippen molar-refractivity contribution in [2.45, 2.75) is 31.2 Å². The topological polar surface area (TPSA) is 64.2 Å². The lowest BCUT2D eigenvalue weighted by atomic mass is 10.0. The van der Waals surface area contributed by atoms with Crippen molar-refractivity contribution in [1.82, 2.24) is 9.97 Å². The highest BCUT2D eigenvalue weighted by Gasteiger charge is 2.29. The number of aromatic nitrogens is 2. The zero-order chi connectivity index (χ0) is 13.7. The maximum atomic E-state index is 6.09. The highest BCUT2D eigenvalue weighted by Crippen LogP contribution is 2.39. The highest BCUT2D eigenvalue weighted by atomic mass is 79.9. The molecule has 2 aliphatic rings. The third kappa shape index (κ3) is 2.16. The van der Waals surface area contributed by atoms with Crippen LogP contribution in [0.4, 0.5) is 0 Å². The normalized spacial score (nSPS) is 21.4. The van der Waals surface area contributed by atoms with E-state index in [1.807, 2.05) is 6.20 Å². The molecule has 0 aromatic carbocycles. The summed E-state index contributed by atoms with van der Waals surface area (Å²) in [5.74, 6) is 2.10. The molecule has 0 bridgehead atoms. The molecular weight excluding hydrogens is 336 g/mol. The minimum Gasteiger partial charge on any atom is -0.383 e. The molecule has 0 spiro atoms. The van der Waals surface area contributed by atoms with Crippen LogP contribution in [0.3, 0.4) is 0 Å². The number of rotatable bonds is 2. The SMILES string of the molecule is NC1=NC(c2cc(Br)cs2)Cc2nc(C3CC3)ncc21. The lowest BCUT2D eigenvalue weighted by Crippen LogP contribution is -2.24. The number of nitrogens with two attached hydrogens (primary N) is 1. The van der Waals surface area contributed by atoms with E-state index >= 15 is 0 Å². The molecule has 20 heavy (non-hydrogen) atoms. The number of hydrogen-bond donors (Lipinski definition) is 1. The summed E-state index contributed by atoms with van der Waals surface area (Å²) in [5, 5.41) is 2.08.